The van der Waals surface area contributed by atoms with Gasteiger partial charge < -0.3 is 10.1 Å². The summed E-state index contributed by atoms with van der Waals surface area (Å²) in [6.07, 6.45) is 0.977. The van der Waals surface area contributed by atoms with Crippen LogP contribution in [-0.4, -0.2) is 26.8 Å². The van der Waals surface area contributed by atoms with Crippen LogP contribution in [0.3, 0.4) is 0 Å². The van der Waals surface area contributed by atoms with Gasteiger partial charge in [0.05, 0.1) is 5.75 Å². The Labute approximate surface area is 156 Å². The summed E-state index contributed by atoms with van der Waals surface area (Å²) in [7, 11) is 0. The van der Waals surface area contributed by atoms with Gasteiger partial charge in [0, 0.05) is 5.69 Å². The first-order valence-electron chi connectivity index (χ1n) is 8.33. The molecule has 0 fully saturated rings. The third-order valence-corrected chi connectivity index (χ3v) is 4.46. The predicted octanol–water partition coefficient (Wildman–Crippen LogP) is 3.68. The Morgan fingerprint density at radius 3 is 2.65 bits per heavy atom. The highest BCUT2D eigenvalue weighted by atomic mass is 32.2. The van der Waals surface area contributed by atoms with Crippen molar-refractivity contribution in [1.29, 1.82) is 0 Å². The molecule has 2 N–H and O–H groups in total. The molecule has 0 aliphatic heterocycles. The van der Waals surface area contributed by atoms with E-state index in [4.69, 9.17) is 4.74 Å². The van der Waals surface area contributed by atoms with Gasteiger partial charge in [-0.15, -0.1) is 5.10 Å². The van der Waals surface area contributed by atoms with Crippen LogP contribution < -0.4 is 10.1 Å². The Balaban J connectivity index is 1.44. The van der Waals surface area contributed by atoms with E-state index in [1.807, 2.05) is 54.6 Å². The number of aromatic nitrogens is 3. The van der Waals surface area contributed by atoms with Crippen LogP contribution in [0.2, 0.25) is 0 Å². The molecular weight excluding hydrogens is 348 g/mol. The number of anilines is 1. The maximum absolute atomic E-state index is 12.0. The summed E-state index contributed by atoms with van der Waals surface area (Å²) in [6, 6.07) is 17.3. The lowest BCUT2D eigenvalue weighted by molar-refractivity contribution is -0.113. The van der Waals surface area contributed by atoms with Gasteiger partial charge in [0.25, 0.3) is 0 Å². The maximum atomic E-state index is 12.0. The number of nitrogens with zero attached hydrogens (tertiary/aromatic N) is 2. The van der Waals surface area contributed by atoms with E-state index >= 15 is 0 Å². The summed E-state index contributed by atoms with van der Waals surface area (Å²) in [5.74, 6) is 1.54. The SMILES string of the molecule is CCc1ccc(NC(=O)CSc2n[nH]c(COc3ccccc3)n2)cc1. The van der Waals surface area contributed by atoms with Gasteiger partial charge in [-0.05, 0) is 36.2 Å². The molecule has 0 atom stereocenters. The molecule has 0 unspecified atom stereocenters. The van der Waals surface area contributed by atoms with Crippen molar-refractivity contribution in [3.8, 4) is 5.75 Å². The number of nitrogens with one attached hydrogen (secondary N) is 2. The van der Waals surface area contributed by atoms with Crippen LogP contribution in [0.1, 0.15) is 18.3 Å². The highest BCUT2D eigenvalue weighted by Gasteiger charge is 2.08. The highest BCUT2D eigenvalue weighted by molar-refractivity contribution is 7.99. The number of aromatic amines is 1. The molecule has 3 rings (SSSR count). The first kappa shape index (κ1) is 18.0. The predicted molar refractivity (Wildman–Crippen MR) is 102 cm³/mol. The van der Waals surface area contributed by atoms with Crippen molar-refractivity contribution in [2.75, 3.05) is 11.1 Å². The second kappa shape index (κ2) is 9.05. The van der Waals surface area contributed by atoms with Gasteiger partial charge in [-0.25, -0.2) is 4.98 Å². The van der Waals surface area contributed by atoms with Crippen molar-refractivity contribution in [1.82, 2.24) is 15.2 Å². The monoisotopic (exact) mass is 368 g/mol. The number of amides is 1. The molecule has 0 radical (unpaired) electrons. The van der Waals surface area contributed by atoms with Crippen molar-refractivity contribution in [2.24, 2.45) is 0 Å². The third kappa shape index (κ3) is 5.35. The van der Waals surface area contributed by atoms with Crippen molar-refractivity contribution < 1.29 is 9.53 Å². The van der Waals surface area contributed by atoms with Crippen LogP contribution in [0.25, 0.3) is 0 Å². The molecule has 0 bridgehead atoms. The minimum atomic E-state index is -0.0915. The number of carbonyl (C=O) groups excluding carboxylic acids is 1. The van der Waals surface area contributed by atoms with Crippen molar-refractivity contribution in [2.45, 2.75) is 25.1 Å². The van der Waals surface area contributed by atoms with Gasteiger partial charge in [-0.2, -0.15) is 0 Å². The molecule has 26 heavy (non-hydrogen) atoms. The maximum Gasteiger partial charge on any atom is 0.234 e. The van der Waals surface area contributed by atoms with E-state index in [-0.39, 0.29) is 11.7 Å². The van der Waals surface area contributed by atoms with E-state index in [9.17, 15) is 4.79 Å². The molecule has 0 saturated heterocycles. The normalized spacial score (nSPS) is 10.5. The summed E-state index contributed by atoms with van der Waals surface area (Å²) in [5, 5.41) is 10.3. The van der Waals surface area contributed by atoms with Gasteiger partial charge in [0.2, 0.25) is 11.1 Å². The first-order valence-corrected chi connectivity index (χ1v) is 9.32. The Kier molecular flexibility index (Phi) is 6.27. The zero-order chi connectivity index (χ0) is 18.2. The fourth-order valence-electron chi connectivity index (χ4n) is 2.23. The summed E-state index contributed by atoms with van der Waals surface area (Å²) < 4.78 is 5.61. The Morgan fingerprint density at radius 1 is 1.15 bits per heavy atom. The molecule has 1 heterocycles. The number of para-hydroxylation sites is 1. The first-order chi connectivity index (χ1) is 12.7. The van der Waals surface area contributed by atoms with Gasteiger partial charge >= 0.3 is 0 Å². The highest BCUT2D eigenvalue weighted by Crippen LogP contribution is 2.15. The Hall–Kier alpha value is -2.80. The second-order valence-corrected chi connectivity index (χ2v) is 6.50. The molecule has 134 valence electrons. The number of hydrogen-bond donors (Lipinski definition) is 2. The minimum Gasteiger partial charge on any atom is -0.486 e. The van der Waals surface area contributed by atoms with Crippen LogP contribution in [0.15, 0.2) is 59.8 Å². The summed E-state index contributed by atoms with van der Waals surface area (Å²) >= 11 is 1.28. The van der Waals surface area contributed by atoms with Crippen LogP contribution in [-0.2, 0) is 17.8 Å². The van der Waals surface area contributed by atoms with E-state index in [1.165, 1.54) is 17.3 Å². The molecule has 6 nitrogen and oxygen atoms in total. The van der Waals surface area contributed by atoms with Crippen molar-refractivity contribution in [3.05, 3.63) is 66.0 Å². The molecule has 0 aliphatic carbocycles. The van der Waals surface area contributed by atoms with Crippen molar-refractivity contribution >= 4 is 23.4 Å². The van der Waals surface area contributed by atoms with Crippen LogP contribution >= 0.6 is 11.8 Å². The Morgan fingerprint density at radius 2 is 1.92 bits per heavy atom. The number of benzene rings is 2. The lowest BCUT2D eigenvalue weighted by atomic mass is 10.1. The molecule has 3 aromatic rings. The second-order valence-electron chi connectivity index (χ2n) is 5.55. The van der Waals surface area contributed by atoms with Crippen LogP contribution in [0.5, 0.6) is 5.75 Å². The average molecular weight is 368 g/mol. The van der Waals surface area contributed by atoms with E-state index in [0.29, 0.717) is 17.6 Å². The summed E-state index contributed by atoms with van der Waals surface area (Å²) in [4.78, 5) is 16.4. The molecule has 1 amide bonds. The van der Waals surface area contributed by atoms with Gasteiger partial charge in [-0.1, -0.05) is 49.0 Å². The molecule has 0 saturated carbocycles. The van der Waals surface area contributed by atoms with Gasteiger partial charge in [-0.3, -0.25) is 9.89 Å². The molecule has 2 aromatic carbocycles. The summed E-state index contributed by atoms with van der Waals surface area (Å²) in [6.45, 7) is 2.40. The average Bonchev–Trinajstić information content (AvgIpc) is 3.14. The van der Waals surface area contributed by atoms with Crippen LogP contribution in [0, 0.1) is 0 Å². The lowest BCUT2D eigenvalue weighted by Crippen LogP contribution is -2.14. The molecule has 7 heteroatoms. The zero-order valence-corrected chi connectivity index (χ0v) is 15.3. The van der Waals surface area contributed by atoms with E-state index in [1.54, 1.807) is 0 Å². The number of rotatable bonds is 8. The molecular formula is C19H20N4O2S. The number of thioether (sulfide) groups is 1. The van der Waals surface area contributed by atoms with Gasteiger partial charge in [0.15, 0.2) is 5.82 Å². The lowest BCUT2D eigenvalue weighted by Gasteiger charge is -2.05. The molecule has 1 aromatic heterocycles. The van der Waals surface area contributed by atoms with E-state index in [2.05, 4.69) is 27.4 Å². The Bertz CT molecular complexity index is 834. The fourth-order valence-corrected chi connectivity index (χ4v) is 2.84. The number of aryl methyl sites for hydroxylation is 1. The third-order valence-electron chi connectivity index (χ3n) is 3.61. The number of ether oxygens (including phenoxy) is 1. The minimum absolute atomic E-state index is 0.0915. The van der Waals surface area contributed by atoms with Crippen LogP contribution in [0.4, 0.5) is 5.69 Å². The van der Waals surface area contributed by atoms with E-state index in [0.717, 1.165) is 17.9 Å². The van der Waals surface area contributed by atoms with E-state index < -0.39 is 0 Å². The smallest absolute Gasteiger partial charge is 0.234 e. The number of hydrogen-bond acceptors (Lipinski definition) is 5. The quantitative estimate of drug-likeness (QED) is 0.593. The largest absolute Gasteiger partial charge is 0.486 e. The van der Waals surface area contributed by atoms with Gasteiger partial charge in [0.1, 0.15) is 12.4 Å². The molecule has 0 spiro atoms. The molecule has 0 aliphatic rings. The standard InChI is InChI=1S/C19H20N4O2S/c1-2-14-8-10-15(11-9-14)20-18(24)13-26-19-21-17(22-23-19)12-25-16-6-4-3-5-7-16/h3-11H,2,12-13H2,1H3,(H,20,24)(H,21,22,23). The summed E-state index contributed by atoms with van der Waals surface area (Å²) in [5.41, 5.74) is 2.03. The number of H-pyrrole nitrogens is 1. The topological polar surface area (TPSA) is 79.9 Å². The number of carbonyl (C=O) groups is 1. The fraction of sp³-hybridized carbons (Fsp3) is 0.211. The zero-order valence-electron chi connectivity index (χ0n) is 14.4. The van der Waals surface area contributed by atoms with Crippen molar-refractivity contribution in [3.63, 3.8) is 0 Å².